The van der Waals surface area contributed by atoms with Gasteiger partial charge in [-0.1, -0.05) is 29.3 Å². The van der Waals surface area contributed by atoms with Crippen LogP contribution in [0.2, 0.25) is 0 Å². The van der Waals surface area contributed by atoms with Gasteiger partial charge in [-0.2, -0.15) is 0 Å². The summed E-state index contributed by atoms with van der Waals surface area (Å²) in [6.07, 6.45) is 1.02. The monoisotopic (exact) mass is 207 g/mol. The molecule has 1 aromatic rings. The molecule has 0 saturated carbocycles. The zero-order valence-corrected chi connectivity index (χ0v) is 10.1. The van der Waals surface area contributed by atoms with Crippen molar-refractivity contribution >= 4 is 0 Å². The van der Waals surface area contributed by atoms with Crippen molar-refractivity contribution in [3.63, 3.8) is 0 Å². The molecule has 1 rings (SSSR count). The number of hydrogen-bond acceptors (Lipinski definition) is 2. The van der Waals surface area contributed by atoms with E-state index in [-0.39, 0.29) is 0 Å². The third-order valence-corrected chi connectivity index (χ3v) is 2.54. The second-order valence-electron chi connectivity index (χ2n) is 4.14. The molecule has 0 fully saturated rings. The topological polar surface area (TPSA) is 21.3 Å². The van der Waals surface area contributed by atoms with Crippen molar-refractivity contribution in [3.8, 4) is 0 Å². The minimum atomic E-state index is 0.399. The second-order valence-corrected chi connectivity index (χ2v) is 4.14. The molecule has 0 aliphatic carbocycles. The quantitative estimate of drug-likeness (QED) is 0.798. The van der Waals surface area contributed by atoms with E-state index >= 15 is 0 Å². The summed E-state index contributed by atoms with van der Waals surface area (Å²) in [4.78, 5) is 0. The number of methoxy groups -OCH3 is 1. The summed E-state index contributed by atoms with van der Waals surface area (Å²) in [7, 11) is 3.72. The predicted octanol–water partition coefficient (Wildman–Crippen LogP) is 2.08. The molecule has 0 saturated heterocycles. The summed E-state index contributed by atoms with van der Waals surface area (Å²) in [5.74, 6) is 0. The summed E-state index contributed by atoms with van der Waals surface area (Å²) in [6, 6.07) is 7.09. The number of hydrogen-bond donors (Lipinski definition) is 1. The molecule has 1 aromatic carbocycles. The summed E-state index contributed by atoms with van der Waals surface area (Å²) in [5, 5.41) is 3.27. The van der Waals surface area contributed by atoms with Crippen LogP contribution < -0.4 is 5.32 Å². The molecule has 15 heavy (non-hydrogen) atoms. The van der Waals surface area contributed by atoms with Gasteiger partial charge in [0, 0.05) is 13.2 Å². The van der Waals surface area contributed by atoms with Gasteiger partial charge in [-0.15, -0.1) is 0 Å². The van der Waals surface area contributed by atoms with E-state index in [9.17, 15) is 0 Å². The Morgan fingerprint density at radius 3 is 2.27 bits per heavy atom. The molecule has 0 spiro atoms. The molecule has 84 valence electrons. The Balaban J connectivity index is 2.69. The average Bonchev–Trinajstić information content (AvgIpc) is 2.15. The molecule has 1 unspecified atom stereocenters. The molecule has 0 aliphatic rings. The highest BCUT2D eigenvalue weighted by atomic mass is 16.5. The van der Waals surface area contributed by atoms with Gasteiger partial charge in [0.15, 0.2) is 0 Å². The highest BCUT2D eigenvalue weighted by molar-refractivity contribution is 5.29. The van der Waals surface area contributed by atoms with Crippen LogP contribution in [0.3, 0.4) is 0 Å². The van der Waals surface area contributed by atoms with Crippen LogP contribution in [0.4, 0.5) is 0 Å². The van der Waals surface area contributed by atoms with Crippen molar-refractivity contribution in [2.75, 3.05) is 20.8 Å². The van der Waals surface area contributed by atoms with Gasteiger partial charge in [0.05, 0.1) is 6.61 Å². The van der Waals surface area contributed by atoms with Crippen LogP contribution in [0.25, 0.3) is 0 Å². The van der Waals surface area contributed by atoms with E-state index in [4.69, 9.17) is 4.74 Å². The first kappa shape index (κ1) is 12.2. The maximum atomic E-state index is 5.17. The Kier molecular flexibility index (Phi) is 4.79. The molecule has 0 heterocycles. The van der Waals surface area contributed by atoms with Gasteiger partial charge in [-0.3, -0.25) is 0 Å². The largest absolute Gasteiger partial charge is 0.383 e. The highest BCUT2D eigenvalue weighted by Gasteiger charge is 2.07. The fourth-order valence-corrected chi connectivity index (χ4v) is 1.92. The van der Waals surface area contributed by atoms with E-state index in [0.717, 1.165) is 13.0 Å². The van der Waals surface area contributed by atoms with E-state index < -0.39 is 0 Å². The molecule has 2 heteroatoms. The molecule has 0 bridgehead atoms. The van der Waals surface area contributed by atoms with Gasteiger partial charge < -0.3 is 10.1 Å². The van der Waals surface area contributed by atoms with Crippen molar-refractivity contribution in [2.45, 2.75) is 26.3 Å². The summed E-state index contributed by atoms with van der Waals surface area (Å²) in [6.45, 7) is 5.03. The smallest absolute Gasteiger partial charge is 0.0618 e. The Hall–Kier alpha value is -0.860. The molecule has 2 nitrogen and oxygen atoms in total. The van der Waals surface area contributed by atoms with E-state index in [1.54, 1.807) is 7.11 Å². The first-order chi connectivity index (χ1) is 7.15. The molecule has 0 aromatic heterocycles. The standard InChI is InChI=1S/C13H21NO/c1-10-5-11(2)7-12(6-10)8-13(14-3)9-15-4/h5-7,13-14H,8-9H2,1-4H3. The lowest BCUT2D eigenvalue weighted by Gasteiger charge is -2.15. The molecule has 0 amide bonds. The Labute approximate surface area is 92.6 Å². The van der Waals surface area contributed by atoms with E-state index in [0.29, 0.717) is 6.04 Å². The molecule has 0 radical (unpaired) electrons. The lowest BCUT2D eigenvalue weighted by atomic mass is 10.0. The van der Waals surface area contributed by atoms with Crippen LogP contribution in [0.1, 0.15) is 16.7 Å². The fourth-order valence-electron chi connectivity index (χ4n) is 1.92. The van der Waals surface area contributed by atoms with Crippen molar-refractivity contribution < 1.29 is 4.74 Å². The van der Waals surface area contributed by atoms with Crippen LogP contribution in [0, 0.1) is 13.8 Å². The van der Waals surface area contributed by atoms with Crippen LogP contribution >= 0.6 is 0 Å². The van der Waals surface area contributed by atoms with Crippen molar-refractivity contribution in [3.05, 3.63) is 34.9 Å². The molecule has 1 N–H and O–H groups in total. The number of ether oxygens (including phenoxy) is 1. The number of aryl methyl sites for hydroxylation is 2. The maximum Gasteiger partial charge on any atom is 0.0618 e. The third-order valence-electron chi connectivity index (χ3n) is 2.54. The third kappa shape index (κ3) is 4.02. The van der Waals surface area contributed by atoms with Gasteiger partial charge in [-0.05, 0) is 32.9 Å². The van der Waals surface area contributed by atoms with Crippen molar-refractivity contribution in [1.82, 2.24) is 5.32 Å². The van der Waals surface area contributed by atoms with Crippen molar-refractivity contribution in [1.29, 1.82) is 0 Å². The molecular formula is C13H21NO. The van der Waals surface area contributed by atoms with Crippen LogP contribution in [-0.2, 0) is 11.2 Å². The first-order valence-corrected chi connectivity index (χ1v) is 5.39. The highest BCUT2D eigenvalue weighted by Crippen LogP contribution is 2.11. The first-order valence-electron chi connectivity index (χ1n) is 5.39. The maximum absolute atomic E-state index is 5.17. The molecule has 1 atom stereocenters. The van der Waals surface area contributed by atoms with E-state index in [1.165, 1.54) is 16.7 Å². The Morgan fingerprint density at radius 2 is 1.80 bits per heavy atom. The zero-order chi connectivity index (χ0) is 11.3. The summed E-state index contributed by atoms with van der Waals surface area (Å²) < 4.78 is 5.17. The molecular weight excluding hydrogens is 186 g/mol. The summed E-state index contributed by atoms with van der Waals surface area (Å²) >= 11 is 0. The number of likely N-dealkylation sites (N-methyl/N-ethyl adjacent to an activating group) is 1. The average molecular weight is 207 g/mol. The minimum absolute atomic E-state index is 0.399. The van der Waals surface area contributed by atoms with Gasteiger partial charge in [0.2, 0.25) is 0 Å². The van der Waals surface area contributed by atoms with E-state index in [1.807, 2.05) is 7.05 Å². The number of benzene rings is 1. The lowest BCUT2D eigenvalue weighted by Crippen LogP contribution is -2.32. The Morgan fingerprint density at radius 1 is 1.20 bits per heavy atom. The second kappa shape index (κ2) is 5.89. The fraction of sp³-hybridized carbons (Fsp3) is 0.538. The Bertz CT molecular complexity index is 289. The molecule has 0 aliphatic heterocycles. The van der Waals surface area contributed by atoms with E-state index in [2.05, 4.69) is 37.4 Å². The van der Waals surface area contributed by atoms with Gasteiger partial charge in [-0.25, -0.2) is 0 Å². The van der Waals surface area contributed by atoms with Gasteiger partial charge in [0.25, 0.3) is 0 Å². The zero-order valence-electron chi connectivity index (χ0n) is 10.1. The number of nitrogens with one attached hydrogen (secondary N) is 1. The normalized spacial score (nSPS) is 12.8. The van der Waals surface area contributed by atoms with Crippen LogP contribution in [0.5, 0.6) is 0 Å². The minimum Gasteiger partial charge on any atom is -0.383 e. The number of rotatable bonds is 5. The summed E-state index contributed by atoms with van der Waals surface area (Å²) in [5.41, 5.74) is 4.04. The SMILES string of the molecule is CNC(COC)Cc1cc(C)cc(C)c1. The van der Waals surface area contributed by atoms with Gasteiger partial charge >= 0.3 is 0 Å². The lowest BCUT2D eigenvalue weighted by molar-refractivity contribution is 0.169. The van der Waals surface area contributed by atoms with Crippen LogP contribution in [0.15, 0.2) is 18.2 Å². The van der Waals surface area contributed by atoms with Crippen LogP contribution in [-0.4, -0.2) is 26.8 Å². The van der Waals surface area contributed by atoms with Gasteiger partial charge in [0.1, 0.15) is 0 Å². The van der Waals surface area contributed by atoms with Crippen molar-refractivity contribution in [2.24, 2.45) is 0 Å². The predicted molar refractivity (Wildman–Crippen MR) is 64.3 cm³/mol.